The minimum Gasteiger partial charge on any atom is -0.385 e. The standard InChI is InChI=1S/C21H26N4O3S/c1-13-9-15(14(2)25(13)7-6-8-28-5)18(26)12-29-20-17(11-23)21(3,4)16(10-22)19(27)24-20/h9,16H,6-8,12H2,1-5H3,(H,24,27)/t16-/m0/s1. The molecule has 0 aromatic carbocycles. The summed E-state index contributed by atoms with van der Waals surface area (Å²) in [7, 11) is 1.66. The van der Waals surface area contributed by atoms with Gasteiger partial charge in [0.25, 0.3) is 0 Å². The van der Waals surface area contributed by atoms with Crippen molar-refractivity contribution >= 4 is 23.5 Å². The Morgan fingerprint density at radius 2 is 2.07 bits per heavy atom. The lowest BCUT2D eigenvalue weighted by Crippen LogP contribution is -2.44. The molecule has 1 aliphatic rings. The van der Waals surface area contributed by atoms with Crippen LogP contribution in [0.1, 0.15) is 42.0 Å². The van der Waals surface area contributed by atoms with Crippen molar-refractivity contribution in [3.8, 4) is 12.1 Å². The smallest absolute Gasteiger partial charge is 0.243 e. The number of amides is 1. The topological polar surface area (TPSA) is 108 Å². The molecular weight excluding hydrogens is 388 g/mol. The van der Waals surface area contributed by atoms with E-state index in [2.05, 4.69) is 16.0 Å². The average molecular weight is 415 g/mol. The maximum absolute atomic E-state index is 12.8. The van der Waals surface area contributed by atoms with E-state index in [1.54, 1.807) is 21.0 Å². The van der Waals surface area contributed by atoms with E-state index in [-0.39, 0.29) is 11.5 Å². The number of carbonyl (C=O) groups is 2. The molecule has 0 radical (unpaired) electrons. The van der Waals surface area contributed by atoms with E-state index in [1.807, 2.05) is 26.0 Å². The van der Waals surface area contributed by atoms with Gasteiger partial charge >= 0.3 is 0 Å². The van der Waals surface area contributed by atoms with Gasteiger partial charge in [-0.1, -0.05) is 25.6 Å². The molecule has 0 fully saturated rings. The van der Waals surface area contributed by atoms with E-state index in [9.17, 15) is 20.1 Å². The van der Waals surface area contributed by atoms with E-state index in [0.29, 0.717) is 22.8 Å². The van der Waals surface area contributed by atoms with Crippen LogP contribution in [0.15, 0.2) is 16.7 Å². The number of aryl methyl sites for hydroxylation is 1. The highest BCUT2D eigenvalue weighted by atomic mass is 32.2. The summed E-state index contributed by atoms with van der Waals surface area (Å²) in [6.07, 6.45) is 0.856. The van der Waals surface area contributed by atoms with Gasteiger partial charge < -0.3 is 14.6 Å². The van der Waals surface area contributed by atoms with E-state index in [4.69, 9.17) is 4.74 Å². The summed E-state index contributed by atoms with van der Waals surface area (Å²) in [5.74, 6) is -1.36. The van der Waals surface area contributed by atoms with Crippen molar-refractivity contribution in [2.75, 3.05) is 19.5 Å². The lowest BCUT2D eigenvalue weighted by Gasteiger charge is -2.34. The van der Waals surface area contributed by atoms with Gasteiger partial charge in [-0.2, -0.15) is 10.5 Å². The van der Waals surface area contributed by atoms with Gasteiger partial charge in [-0.15, -0.1) is 0 Å². The van der Waals surface area contributed by atoms with Crippen LogP contribution in [0.5, 0.6) is 0 Å². The molecular formula is C21H26N4O3S. The Morgan fingerprint density at radius 3 is 2.66 bits per heavy atom. The van der Waals surface area contributed by atoms with Crippen molar-refractivity contribution in [1.82, 2.24) is 9.88 Å². The molecule has 29 heavy (non-hydrogen) atoms. The van der Waals surface area contributed by atoms with Crippen LogP contribution >= 0.6 is 11.8 Å². The third-order valence-electron chi connectivity index (χ3n) is 5.28. The van der Waals surface area contributed by atoms with Gasteiger partial charge in [0, 0.05) is 42.6 Å². The van der Waals surface area contributed by atoms with E-state index in [1.165, 1.54) is 0 Å². The Labute approximate surface area is 175 Å². The molecule has 0 bridgehead atoms. The van der Waals surface area contributed by atoms with Gasteiger partial charge in [0.05, 0.1) is 28.5 Å². The Bertz CT molecular complexity index is 931. The predicted octanol–water partition coefficient (Wildman–Crippen LogP) is 3.09. The van der Waals surface area contributed by atoms with Gasteiger partial charge in [-0.3, -0.25) is 9.59 Å². The number of aromatic nitrogens is 1. The monoisotopic (exact) mass is 414 g/mol. The first kappa shape index (κ1) is 22.7. The van der Waals surface area contributed by atoms with Crippen LogP contribution in [-0.2, 0) is 16.1 Å². The number of thioether (sulfide) groups is 1. The largest absolute Gasteiger partial charge is 0.385 e. The number of rotatable bonds is 8. The number of nitriles is 2. The number of carbonyl (C=O) groups excluding carboxylic acids is 2. The number of hydrogen-bond acceptors (Lipinski definition) is 6. The van der Waals surface area contributed by atoms with Crippen molar-refractivity contribution in [2.45, 2.75) is 40.7 Å². The van der Waals surface area contributed by atoms with Crippen molar-refractivity contribution in [3.05, 3.63) is 33.6 Å². The number of ketones is 1. The van der Waals surface area contributed by atoms with Gasteiger partial charge in [0.15, 0.2) is 5.78 Å². The molecule has 0 aliphatic carbocycles. The molecule has 7 nitrogen and oxygen atoms in total. The van der Waals surface area contributed by atoms with Crippen molar-refractivity contribution in [3.63, 3.8) is 0 Å². The molecule has 1 aliphatic heterocycles. The fourth-order valence-electron chi connectivity index (χ4n) is 3.54. The summed E-state index contributed by atoms with van der Waals surface area (Å²) >= 11 is 1.13. The molecule has 1 amide bonds. The lowest BCUT2D eigenvalue weighted by atomic mass is 9.72. The highest BCUT2D eigenvalue weighted by Gasteiger charge is 2.44. The molecule has 1 N–H and O–H groups in total. The Morgan fingerprint density at radius 1 is 1.38 bits per heavy atom. The summed E-state index contributed by atoms with van der Waals surface area (Å²) < 4.78 is 7.19. The number of hydrogen-bond donors (Lipinski definition) is 1. The van der Waals surface area contributed by atoms with Crippen LogP contribution < -0.4 is 5.32 Å². The van der Waals surface area contributed by atoms with Gasteiger partial charge in [-0.25, -0.2) is 0 Å². The molecule has 8 heteroatoms. The number of nitrogens with one attached hydrogen (secondary N) is 1. The van der Waals surface area contributed by atoms with Gasteiger partial charge in [0.1, 0.15) is 5.92 Å². The van der Waals surface area contributed by atoms with E-state index >= 15 is 0 Å². The normalized spacial score (nSPS) is 18.2. The molecule has 0 spiro atoms. The number of ether oxygens (including phenoxy) is 1. The number of nitrogens with zero attached hydrogens (tertiary/aromatic N) is 3. The van der Waals surface area contributed by atoms with Crippen LogP contribution in [-0.4, -0.2) is 35.7 Å². The molecule has 1 atom stereocenters. The summed E-state index contributed by atoms with van der Waals surface area (Å²) in [5.41, 5.74) is 1.97. The molecule has 154 valence electrons. The number of Topliss-reactive ketones (excluding diaryl/α,β-unsaturated/α-hetero) is 1. The summed E-state index contributed by atoms with van der Waals surface area (Å²) in [6, 6.07) is 5.96. The first-order valence-corrected chi connectivity index (χ1v) is 10.3. The van der Waals surface area contributed by atoms with E-state index < -0.39 is 17.2 Å². The molecule has 1 aromatic rings. The van der Waals surface area contributed by atoms with Crippen molar-refractivity contribution in [2.24, 2.45) is 11.3 Å². The van der Waals surface area contributed by atoms with Gasteiger partial charge in [0.2, 0.25) is 5.91 Å². The third-order valence-corrected chi connectivity index (χ3v) is 6.29. The lowest BCUT2D eigenvalue weighted by molar-refractivity contribution is -0.125. The van der Waals surface area contributed by atoms with Crippen molar-refractivity contribution < 1.29 is 14.3 Å². The van der Waals surface area contributed by atoms with Crippen LogP contribution in [0.3, 0.4) is 0 Å². The van der Waals surface area contributed by atoms with E-state index in [0.717, 1.165) is 36.1 Å². The summed E-state index contributed by atoms with van der Waals surface area (Å²) in [5, 5.41) is 21.9. The molecule has 0 saturated carbocycles. The Hall–Kier alpha value is -2.55. The highest BCUT2D eigenvalue weighted by Crippen LogP contribution is 2.41. The second-order valence-electron chi connectivity index (χ2n) is 7.58. The first-order chi connectivity index (χ1) is 13.7. The van der Waals surface area contributed by atoms with Crippen LogP contribution in [0, 0.1) is 47.8 Å². The van der Waals surface area contributed by atoms with Gasteiger partial charge in [-0.05, 0) is 26.3 Å². The fraction of sp³-hybridized carbons (Fsp3) is 0.524. The summed E-state index contributed by atoms with van der Waals surface area (Å²) in [4.78, 5) is 25.1. The zero-order valence-electron chi connectivity index (χ0n) is 17.5. The highest BCUT2D eigenvalue weighted by molar-refractivity contribution is 8.03. The van der Waals surface area contributed by atoms with Crippen LogP contribution in [0.2, 0.25) is 0 Å². The zero-order valence-corrected chi connectivity index (χ0v) is 18.3. The number of allylic oxidation sites excluding steroid dienone is 1. The maximum Gasteiger partial charge on any atom is 0.243 e. The van der Waals surface area contributed by atoms with Crippen LogP contribution in [0.4, 0.5) is 0 Å². The Kier molecular flexibility index (Phi) is 7.29. The SMILES string of the molecule is COCCCn1c(C)cc(C(=O)CSC2=C(C#N)C(C)(C)[C@@H](C#N)C(=O)N2)c1C. The maximum atomic E-state index is 12.8. The molecule has 2 rings (SSSR count). The minimum atomic E-state index is -0.941. The first-order valence-electron chi connectivity index (χ1n) is 9.36. The predicted molar refractivity (Wildman–Crippen MR) is 111 cm³/mol. The summed E-state index contributed by atoms with van der Waals surface area (Å²) in [6.45, 7) is 8.71. The molecule has 0 saturated heterocycles. The van der Waals surface area contributed by atoms with Crippen molar-refractivity contribution in [1.29, 1.82) is 10.5 Å². The minimum absolute atomic E-state index is 0.0691. The number of methoxy groups -OCH3 is 1. The Balaban J connectivity index is 2.20. The fourth-order valence-corrected chi connectivity index (χ4v) is 4.60. The quantitative estimate of drug-likeness (QED) is 0.517. The second-order valence-corrected chi connectivity index (χ2v) is 8.57. The molecule has 0 unspecified atom stereocenters. The second kappa shape index (κ2) is 9.30. The zero-order chi connectivity index (χ0) is 21.8. The average Bonchev–Trinajstić information content (AvgIpc) is 2.94. The molecule has 1 aromatic heterocycles. The van der Waals surface area contributed by atoms with Crippen LogP contribution in [0.25, 0.3) is 0 Å². The molecule has 2 heterocycles. The third kappa shape index (κ3) is 4.55.